The van der Waals surface area contributed by atoms with E-state index in [1.807, 2.05) is 55.5 Å². The molecule has 3 N–H and O–H groups in total. The van der Waals surface area contributed by atoms with Gasteiger partial charge in [0.15, 0.2) is 5.11 Å². The first-order valence-electron chi connectivity index (χ1n) is 8.02. The van der Waals surface area contributed by atoms with Gasteiger partial charge in [0.1, 0.15) is 17.8 Å². The standard InChI is InChI=1S/C17H18N6O2S/c1-2-25-13-9-7-12(8-10-13)18-17(26)21-20-16(24)11-23-15-6-4-3-5-14(15)19-22-23/h3-10H,2,11H2,1H3,(H,20,24)(H2,18,21,26). The molecule has 2 aromatic carbocycles. The molecule has 3 rings (SSSR count). The lowest BCUT2D eigenvalue weighted by atomic mass is 10.3. The van der Waals surface area contributed by atoms with Crippen LogP contribution in [0, 0.1) is 0 Å². The number of carbonyl (C=O) groups excluding carboxylic acids is 1. The molecule has 0 unspecified atom stereocenters. The van der Waals surface area contributed by atoms with E-state index in [0.717, 1.165) is 22.5 Å². The second kappa shape index (κ2) is 8.26. The van der Waals surface area contributed by atoms with Crippen LogP contribution in [0.25, 0.3) is 11.0 Å². The lowest BCUT2D eigenvalue weighted by molar-refractivity contribution is -0.122. The summed E-state index contributed by atoms with van der Waals surface area (Å²) in [6.07, 6.45) is 0. The van der Waals surface area contributed by atoms with Crippen molar-refractivity contribution in [3.63, 3.8) is 0 Å². The average molecular weight is 370 g/mol. The van der Waals surface area contributed by atoms with Crippen LogP contribution in [0.3, 0.4) is 0 Å². The van der Waals surface area contributed by atoms with Gasteiger partial charge in [0.25, 0.3) is 5.91 Å². The number of aromatic nitrogens is 3. The number of thiocarbonyl (C=S) groups is 1. The predicted molar refractivity (Wildman–Crippen MR) is 103 cm³/mol. The molecular weight excluding hydrogens is 352 g/mol. The molecule has 0 aliphatic rings. The van der Waals surface area contributed by atoms with Gasteiger partial charge in [-0.2, -0.15) is 0 Å². The summed E-state index contributed by atoms with van der Waals surface area (Å²) >= 11 is 5.16. The first-order chi connectivity index (χ1) is 12.7. The molecule has 26 heavy (non-hydrogen) atoms. The second-order valence-electron chi connectivity index (χ2n) is 5.32. The van der Waals surface area contributed by atoms with Gasteiger partial charge in [-0.05, 0) is 55.5 Å². The molecule has 0 fully saturated rings. The molecule has 0 saturated carbocycles. The third-order valence-corrected chi connectivity index (χ3v) is 3.66. The summed E-state index contributed by atoms with van der Waals surface area (Å²) in [5.41, 5.74) is 7.50. The first-order valence-corrected chi connectivity index (χ1v) is 8.43. The largest absolute Gasteiger partial charge is 0.494 e. The SMILES string of the molecule is CCOc1ccc(NC(=S)NNC(=O)Cn2nnc3ccccc32)cc1. The van der Waals surface area contributed by atoms with E-state index in [9.17, 15) is 4.79 Å². The monoisotopic (exact) mass is 370 g/mol. The maximum absolute atomic E-state index is 12.1. The van der Waals surface area contributed by atoms with E-state index in [1.165, 1.54) is 4.68 Å². The van der Waals surface area contributed by atoms with Crippen LogP contribution in [0.5, 0.6) is 5.75 Å². The summed E-state index contributed by atoms with van der Waals surface area (Å²) < 4.78 is 6.90. The lowest BCUT2D eigenvalue weighted by Gasteiger charge is -2.12. The highest BCUT2D eigenvalue weighted by Crippen LogP contribution is 2.15. The quantitative estimate of drug-likeness (QED) is 0.466. The van der Waals surface area contributed by atoms with E-state index in [-0.39, 0.29) is 17.6 Å². The molecule has 0 aliphatic carbocycles. The summed E-state index contributed by atoms with van der Waals surface area (Å²) in [5, 5.41) is 11.2. The number of fused-ring (bicyclic) bond motifs is 1. The summed E-state index contributed by atoms with van der Waals surface area (Å²) in [6.45, 7) is 2.56. The highest BCUT2D eigenvalue weighted by molar-refractivity contribution is 7.80. The number of hydrogen-bond donors (Lipinski definition) is 3. The number of benzene rings is 2. The Morgan fingerprint density at radius 2 is 1.92 bits per heavy atom. The Morgan fingerprint density at radius 3 is 2.69 bits per heavy atom. The van der Waals surface area contributed by atoms with Crippen molar-refractivity contribution in [1.29, 1.82) is 0 Å². The number of hydrogen-bond acceptors (Lipinski definition) is 5. The minimum Gasteiger partial charge on any atom is -0.494 e. The van der Waals surface area contributed by atoms with Crippen molar-refractivity contribution in [3.05, 3.63) is 48.5 Å². The van der Waals surface area contributed by atoms with Crippen molar-refractivity contribution in [2.45, 2.75) is 13.5 Å². The molecule has 134 valence electrons. The zero-order chi connectivity index (χ0) is 18.4. The van der Waals surface area contributed by atoms with E-state index < -0.39 is 0 Å². The normalized spacial score (nSPS) is 10.3. The van der Waals surface area contributed by atoms with Crippen LogP contribution in [-0.4, -0.2) is 32.6 Å². The van der Waals surface area contributed by atoms with Gasteiger partial charge in [-0.25, -0.2) is 4.68 Å². The smallest absolute Gasteiger partial charge is 0.260 e. The van der Waals surface area contributed by atoms with Crippen molar-refractivity contribution >= 4 is 40.0 Å². The predicted octanol–water partition coefficient (Wildman–Crippen LogP) is 1.85. The van der Waals surface area contributed by atoms with E-state index >= 15 is 0 Å². The van der Waals surface area contributed by atoms with Crippen LogP contribution >= 0.6 is 12.2 Å². The van der Waals surface area contributed by atoms with Crippen LogP contribution in [0.1, 0.15) is 6.92 Å². The van der Waals surface area contributed by atoms with Crippen molar-refractivity contribution in [1.82, 2.24) is 25.8 Å². The highest BCUT2D eigenvalue weighted by Gasteiger charge is 2.08. The van der Waals surface area contributed by atoms with Gasteiger partial charge in [0.2, 0.25) is 0 Å². The number of rotatable bonds is 5. The number of ether oxygens (including phenoxy) is 1. The van der Waals surface area contributed by atoms with Gasteiger partial charge < -0.3 is 10.1 Å². The molecule has 0 saturated heterocycles. The molecule has 0 radical (unpaired) electrons. The van der Waals surface area contributed by atoms with E-state index in [4.69, 9.17) is 17.0 Å². The van der Waals surface area contributed by atoms with E-state index in [1.54, 1.807) is 0 Å². The Morgan fingerprint density at radius 1 is 1.15 bits per heavy atom. The Kier molecular flexibility index (Phi) is 5.59. The third kappa shape index (κ3) is 4.45. The zero-order valence-corrected chi connectivity index (χ0v) is 14.9. The van der Waals surface area contributed by atoms with Crippen molar-refractivity contribution in [3.8, 4) is 5.75 Å². The van der Waals surface area contributed by atoms with Gasteiger partial charge in [-0.15, -0.1) is 5.10 Å². The molecule has 1 heterocycles. The lowest BCUT2D eigenvalue weighted by Crippen LogP contribution is -2.45. The second-order valence-corrected chi connectivity index (χ2v) is 5.73. The summed E-state index contributed by atoms with van der Waals surface area (Å²) in [4.78, 5) is 12.1. The van der Waals surface area contributed by atoms with Crippen molar-refractivity contribution in [2.75, 3.05) is 11.9 Å². The van der Waals surface area contributed by atoms with Crippen LogP contribution in [0.2, 0.25) is 0 Å². The highest BCUT2D eigenvalue weighted by atomic mass is 32.1. The number of anilines is 1. The van der Waals surface area contributed by atoms with Crippen molar-refractivity contribution in [2.24, 2.45) is 0 Å². The summed E-state index contributed by atoms with van der Waals surface area (Å²) in [7, 11) is 0. The van der Waals surface area contributed by atoms with E-state index in [0.29, 0.717) is 6.61 Å². The Hall–Kier alpha value is -3.20. The Bertz CT molecular complexity index is 909. The van der Waals surface area contributed by atoms with Crippen LogP contribution in [0.15, 0.2) is 48.5 Å². The van der Waals surface area contributed by atoms with Gasteiger partial charge in [0, 0.05) is 5.69 Å². The Labute approximate surface area is 155 Å². The molecule has 1 aromatic heterocycles. The average Bonchev–Trinajstić information content (AvgIpc) is 3.05. The number of amides is 1. The van der Waals surface area contributed by atoms with Crippen molar-refractivity contribution < 1.29 is 9.53 Å². The molecule has 8 nitrogen and oxygen atoms in total. The fourth-order valence-corrected chi connectivity index (χ4v) is 2.47. The van der Waals surface area contributed by atoms with Gasteiger partial charge in [-0.1, -0.05) is 17.3 Å². The molecule has 3 aromatic rings. The van der Waals surface area contributed by atoms with Crippen LogP contribution in [0.4, 0.5) is 5.69 Å². The molecular formula is C17H18N6O2S. The number of nitrogens with one attached hydrogen (secondary N) is 3. The van der Waals surface area contributed by atoms with Crippen LogP contribution < -0.4 is 20.9 Å². The van der Waals surface area contributed by atoms with Gasteiger partial charge in [0.05, 0.1) is 12.1 Å². The Balaban J connectivity index is 1.48. The van der Waals surface area contributed by atoms with Crippen LogP contribution in [-0.2, 0) is 11.3 Å². The fourth-order valence-electron chi connectivity index (χ4n) is 2.30. The summed E-state index contributed by atoms with van der Waals surface area (Å²) in [6, 6.07) is 14.8. The summed E-state index contributed by atoms with van der Waals surface area (Å²) in [5.74, 6) is 0.488. The maximum atomic E-state index is 12.1. The molecule has 0 aliphatic heterocycles. The third-order valence-electron chi connectivity index (χ3n) is 3.45. The zero-order valence-electron chi connectivity index (χ0n) is 14.1. The molecule has 0 bridgehead atoms. The molecule has 1 amide bonds. The number of hydrazine groups is 1. The fraction of sp³-hybridized carbons (Fsp3) is 0.176. The number of para-hydroxylation sites is 1. The minimum atomic E-state index is -0.295. The van der Waals surface area contributed by atoms with Gasteiger partial charge in [-0.3, -0.25) is 15.6 Å². The molecule has 9 heteroatoms. The number of nitrogens with zero attached hydrogens (tertiary/aromatic N) is 3. The topological polar surface area (TPSA) is 93.1 Å². The first kappa shape index (κ1) is 17.6. The maximum Gasteiger partial charge on any atom is 0.260 e. The number of carbonyl (C=O) groups is 1. The molecule has 0 atom stereocenters. The molecule has 0 spiro atoms. The minimum absolute atomic E-state index is 0.0270. The van der Waals surface area contributed by atoms with E-state index in [2.05, 4.69) is 26.5 Å². The van der Waals surface area contributed by atoms with Gasteiger partial charge >= 0.3 is 0 Å².